The summed E-state index contributed by atoms with van der Waals surface area (Å²) in [5.41, 5.74) is 6.74. The second-order valence-corrected chi connectivity index (χ2v) is 9.60. The maximum Gasteiger partial charge on any atom is 0.253 e. The molecule has 1 unspecified atom stereocenters. The van der Waals surface area contributed by atoms with Crippen molar-refractivity contribution in [2.24, 2.45) is 5.73 Å². The van der Waals surface area contributed by atoms with Crippen molar-refractivity contribution in [1.29, 1.82) is 0 Å². The van der Waals surface area contributed by atoms with Gasteiger partial charge < -0.3 is 10.6 Å². The summed E-state index contributed by atoms with van der Waals surface area (Å²) < 4.78 is 27.7. The number of hydrogen-bond donors (Lipinski definition) is 1. The molecule has 0 aromatic heterocycles. The van der Waals surface area contributed by atoms with Crippen molar-refractivity contribution < 1.29 is 18.0 Å². The largest absolute Gasteiger partial charge is 0.366 e. The van der Waals surface area contributed by atoms with Crippen LogP contribution in [0.5, 0.6) is 0 Å². The van der Waals surface area contributed by atoms with Gasteiger partial charge in [0.05, 0.1) is 4.90 Å². The van der Waals surface area contributed by atoms with Crippen LogP contribution in [0.1, 0.15) is 52.5 Å². The summed E-state index contributed by atoms with van der Waals surface area (Å²) in [6.45, 7) is 2.68. The number of piperidine rings is 1. The molecule has 2 aromatic rings. The van der Waals surface area contributed by atoms with Crippen molar-refractivity contribution in [2.45, 2.75) is 43.7 Å². The first-order chi connectivity index (χ1) is 14.2. The van der Waals surface area contributed by atoms with Crippen molar-refractivity contribution in [2.75, 3.05) is 13.6 Å². The van der Waals surface area contributed by atoms with E-state index in [-0.39, 0.29) is 23.4 Å². The Bertz CT molecular complexity index is 1050. The molecule has 8 heteroatoms. The van der Waals surface area contributed by atoms with Crippen LogP contribution in [0.2, 0.25) is 0 Å². The predicted molar refractivity (Wildman–Crippen MR) is 114 cm³/mol. The van der Waals surface area contributed by atoms with E-state index in [0.717, 1.165) is 24.8 Å². The van der Waals surface area contributed by atoms with Crippen LogP contribution in [0.3, 0.4) is 0 Å². The summed E-state index contributed by atoms with van der Waals surface area (Å²) in [7, 11) is -2.02. The van der Waals surface area contributed by atoms with Crippen molar-refractivity contribution in [3.63, 3.8) is 0 Å². The SMILES string of the molecule is CC1CCCCN1S(=O)(=O)c1cccc(C(=O)N(C)Cc2cccc(C(N)=O)c2)c1. The van der Waals surface area contributed by atoms with E-state index in [2.05, 4.69) is 0 Å². The van der Waals surface area contributed by atoms with Crippen molar-refractivity contribution in [3.05, 3.63) is 65.2 Å². The lowest BCUT2D eigenvalue weighted by Gasteiger charge is -2.32. The van der Waals surface area contributed by atoms with Crippen LogP contribution in [-0.4, -0.2) is 49.1 Å². The molecule has 0 spiro atoms. The lowest BCUT2D eigenvalue weighted by Crippen LogP contribution is -2.42. The highest BCUT2D eigenvalue weighted by Crippen LogP contribution is 2.26. The summed E-state index contributed by atoms with van der Waals surface area (Å²) in [4.78, 5) is 25.9. The van der Waals surface area contributed by atoms with Gasteiger partial charge in [-0.1, -0.05) is 24.6 Å². The van der Waals surface area contributed by atoms with Crippen LogP contribution in [0, 0.1) is 0 Å². The monoisotopic (exact) mass is 429 g/mol. The first kappa shape index (κ1) is 22.0. The zero-order valence-corrected chi connectivity index (χ0v) is 18.1. The highest BCUT2D eigenvalue weighted by Gasteiger charge is 2.31. The molecule has 0 bridgehead atoms. The number of carbonyl (C=O) groups excluding carboxylic acids is 2. The Morgan fingerprint density at radius 2 is 1.80 bits per heavy atom. The summed E-state index contributed by atoms with van der Waals surface area (Å²) in [5, 5.41) is 0. The van der Waals surface area contributed by atoms with Gasteiger partial charge in [0.1, 0.15) is 0 Å². The molecule has 1 atom stereocenters. The fraction of sp³-hybridized carbons (Fsp3) is 0.364. The second-order valence-electron chi connectivity index (χ2n) is 7.71. The molecule has 1 aliphatic rings. The maximum atomic E-state index is 13.1. The molecule has 2 aromatic carbocycles. The fourth-order valence-electron chi connectivity index (χ4n) is 3.74. The number of nitrogens with zero attached hydrogens (tertiary/aromatic N) is 2. The normalized spacial score (nSPS) is 17.5. The molecular formula is C22H27N3O4S. The van der Waals surface area contributed by atoms with Gasteiger partial charge in [-0.25, -0.2) is 8.42 Å². The zero-order chi connectivity index (χ0) is 21.9. The lowest BCUT2D eigenvalue weighted by atomic mass is 10.1. The average Bonchev–Trinajstić information content (AvgIpc) is 2.73. The van der Waals surface area contributed by atoms with E-state index >= 15 is 0 Å². The Labute approximate surface area is 177 Å². The number of sulfonamides is 1. The van der Waals surface area contributed by atoms with Gasteiger partial charge in [-0.3, -0.25) is 9.59 Å². The Morgan fingerprint density at radius 3 is 2.50 bits per heavy atom. The van der Waals surface area contributed by atoms with Crippen LogP contribution >= 0.6 is 0 Å². The number of rotatable bonds is 6. The number of primary amides is 1. The van der Waals surface area contributed by atoms with Crippen molar-refractivity contribution in [3.8, 4) is 0 Å². The van der Waals surface area contributed by atoms with Crippen LogP contribution < -0.4 is 5.73 Å². The molecule has 3 rings (SSSR count). The molecule has 160 valence electrons. The van der Waals surface area contributed by atoms with Gasteiger partial charge in [-0.05, 0) is 55.7 Å². The number of carbonyl (C=O) groups is 2. The van der Waals surface area contributed by atoms with Crippen LogP contribution in [0.15, 0.2) is 53.4 Å². The van der Waals surface area contributed by atoms with Gasteiger partial charge in [-0.2, -0.15) is 4.31 Å². The molecule has 1 fully saturated rings. The fourth-order valence-corrected chi connectivity index (χ4v) is 5.49. The molecule has 30 heavy (non-hydrogen) atoms. The van der Waals surface area contributed by atoms with E-state index in [1.807, 2.05) is 6.92 Å². The van der Waals surface area contributed by atoms with Gasteiger partial charge in [0.15, 0.2) is 0 Å². The van der Waals surface area contributed by atoms with E-state index in [1.54, 1.807) is 43.4 Å². The molecule has 1 aliphatic heterocycles. The molecule has 1 heterocycles. The highest BCUT2D eigenvalue weighted by molar-refractivity contribution is 7.89. The maximum absolute atomic E-state index is 13.1. The number of hydrogen-bond acceptors (Lipinski definition) is 4. The van der Waals surface area contributed by atoms with E-state index < -0.39 is 15.9 Å². The van der Waals surface area contributed by atoms with E-state index in [4.69, 9.17) is 5.73 Å². The van der Waals surface area contributed by atoms with E-state index in [0.29, 0.717) is 17.7 Å². The number of benzene rings is 2. The summed E-state index contributed by atoms with van der Waals surface area (Å²) >= 11 is 0. The third kappa shape index (κ3) is 4.71. The minimum atomic E-state index is -3.66. The molecule has 0 radical (unpaired) electrons. The summed E-state index contributed by atoms with van der Waals surface area (Å²) in [5.74, 6) is -0.834. The summed E-state index contributed by atoms with van der Waals surface area (Å²) in [6, 6.07) is 12.9. The van der Waals surface area contributed by atoms with Crippen LogP contribution in [-0.2, 0) is 16.6 Å². The third-order valence-corrected chi connectivity index (χ3v) is 7.42. The van der Waals surface area contributed by atoms with Gasteiger partial charge >= 0.3 is 0 Å². The Kier molecular flexibility index (Phi) is 6.58. The smallest absolute Gasteiger partial charge is 0.253 e. The van der Waals surface area contributed by atoms with Crippen LogP contribution in [0.4, 0.5) is 0 Å². The zero-order valence-electron chi connectivity index (χ0n) is 17.2. The molecule has 7 nitrogen and oxygen atoms in total. The van der Waals surface area contributed by atoms with Crippen molar-refractivity contribution in [1.82, 2.24) is 9.21 Å². The molecule has 0 aliphatic carbocycles. The molecule has 1 saturated heterocycles. The van der Waals surface area contributed by atoms with Gasteiger partial charge in [0, 0.05) is 37.3 Å². The average molecular weight is 430 g/mol. The Morgan fingerprint density at radius 1 is 1.10 bits per heavy atom. The van der Waals surface area contributed by atoms with Gasteiger partial charge in [0.2, 0.25) is 15.9 Å². The Balaban J connectivity index is 1.80. The highest BCUT2D eigenvalue weighted by atomic mass is 32.2. The van der Waals surface area contributed by atoms with Crippen molar-refractivity contribution >= 4 is 21.8 Å². The van der Waals surface area contributed by atoms with Gasteiger partial charge in [0.25, 0.3) is 5.91 Å². The minimum absolute atomic E-state index is 0.0525. The molecule has 2 amide bonds. The number of amides is 2. The first-order valence-electron chi connectivity index (χ1n) is 9.96. The minimum Gasteiger partial charge on any atom is -0.366 e. The standard InChI is InChI=1S/C22H27N3O4S/c1-16-7-3-4-12-25(16)30(28,29)20-11-6-10-19(14-20)22(27)24(2)15-17-8-5-9-18(13-17)21(23)26/h5-6,8-11,13-14,16H,3-4,7,12,15H2,1-2H3,(H2,23,26). The quantitative estimate of drug-likeness (QED) is 0.763. The first-order valence-corrected chi connectivity index (χ1v) is 11.4. The molecule has 0 saturated carbocycles. The van der Waals surface area contributed by atoms with Gasteiger partial charge in [-0.15, -0.1) is 0 Å². The molecular weight excluding hydrogens is 402 g/mol. The van der Waals surface area contributed by atoms with E-state index in [1.165, 1.54) is 21.3 Å². The Hall–Kier alpha value is -2.71. The topological polar surface area (TPSA) is 101 Å². The number of nitrogens with two attached hydrogens (primary N) is 1. The van der Waals surface area contributed by atoms with E-state index in [9.17, 15) is 18.0 Å². The second kappa shape index (κ2) is 8.97. The lowest BCUT2D eigenvalue weighted by molar-refractivity contribution is 0.0785. The molecule has 2 N–H and O–H groups in total. The predicted octanol–water partition coefficient (Wildman–Crippen LogP) is 2.62. The third-order valence-electron chi connectivity index (χ3n) is 5.41. The van der Waals surface area contributed by atoms with Crippen LogP contribution in [0.25, 0.3) is 0 Å². The summed E-state index contributed by atoms with van der Waals surface area (Å²) in [6.07, 6.45) is 2.70.